The average Bonchev–Trinajstić information content (AvgIpc) is 3.04. The van der Waals surface area contributed by atoms with Crippen molar-refractivity contribution in [1.29, 1.82) is 0 Å². The Balaban J connectivity index is 2.19. The maximum atomic E-state index is 12.4. The van der Waals surface area contributed by atoms with Crippen LogP contribution in [0.5, 0.6) is 0 Å². The third-order valence-corrected chi connectivity index (χ3v) is 4.47. The maximum absolute atomic E-state index is 12.4. The zero-order valence-electron chi connectivity index (χ0n) is 12.2. The first-order valence-corrected chi connectivity index (χ1v) is 8.02. The summed E-state index contributed by atoms with van der Waals surface area (Å²) in [5, 5.41) is 17.2. The molecule has 0 fully saturated rings. The van der Waals surface area contributed by atoms with Crippen LogP contribution in [0.3, 0.4) is 0 Å². The van der Waals surface area contributed by atoms with Gasteiger partial charge in [0.15, 0.2) is 5.03 Å². The number of aryl methyl sites for hydroxylation is 2. The van der Waals surface area contributed by atoms with Gasteiger partial charge in [0, 0.05) is 24.3 Å². The molecule has 0 aliphatic heterocycles. The number of nitrogens with one attached hydrogen (secondary N) is 3. The first-order valence-electron chi connectivity index (χ1n) is 6.54. The number of aromatic nitrogens is 5. The highest BCUT2D eigenvalue weighted by Crippen LogP contribution is 2.16. The second-order valence-corrected chi connectivity index (χ2v) is 6.20. The van der Waals surface area contributed by atoms with E-state index in [9.17, 15) is 8.42 Å². The highest BCUT2D eigenvalue weighted by molar-refractivity contribution is 7.89. The van der Waals surface area contributed by atoms with E-state index in [0.29, 0.717) is 24.5 Å². The van der Waals surface area contributed by atoms with Crippen LogP contribution in [0.25, 0.3) is 0 Å². The zero-order valence-corrected chi connectivity index (χ0v) is 13.0. The highest BCUT2D eigenvalue weighted by Gasteiger charge is 2.23. The van der Waals surface area contributed by atoms with Crippen LogP contribution in [0.4, 0.5) is 0 Å². The summed E-state index contributed by atoms with van der Waals surface area (Å²) in [6, 6.07) is 0. The van der Waals surface area contributed by atoms with Gasteiger partial charge in [-0.25, -0.2) is 13.1 Å². The largest absolute Gasteiger partial charge is 0.317 e. The number of rotatable bonds is 7. The van der Waals surface area contributed by atoms with E-state index in [1.165, 1.54) is 0 Å². The molecule has 2 heterocycles. The molecule has 2 aromatic heterocycles. The van der Waals surface area contributed by atoms with Crippen LogP contribution in [0.15, 0.2) is 11.4 Å². The summed E-state index contributed by atoms with van der Waals surface area (Å²) in [6.07, 6.45) is 1.56. The quantitative estimate of drug-likeness (QED) is 0.636. The predicted octanol–water partition coefficient (Wildman–Crippen LogP) is -0.473. The fourth-order valence-corrected chi connectivity index (χ4v) is 3.12. The molecule has 0 radical (unpaired) electrons. The number of sulfonamides is 1. The van der Waals surface area contributed by atoms with Crippen molar-refractivity contribution in [2.24, 2.45) is 0 Å². The fraction of sp³-hybridized carbons (Fsp3) is 0.545. The smallest absolute Gasteiger partial charge is 0.260 e. The molecule has 0 atom stereocenters. The van der Waals surface area contributed by atoms with Gasteiger partial charge in [-0.05, 0) is 20.9 Å². The van der Waals surface area contributed by atoms with Gasteiger partial charge in [0.25, 0.3) is 10.0 Å². The molecule has 0 unspecified atom stereocenters. The molecule has 10 heteroatoms. The Hall–Kier alpha value is -1.78. The molecule has 0 spiro atoms. The number of H-pyrrole nitrogens is 1. The lowest BCUT2D eigenvalue weighted by molar-refractivity contribution is 0.569. The highest BCUT2D eigenvalue weighted by atomic mass is 32.2. The first-order chi connectivity index (χ1) is 9.99. The Morgan fingerprint density at radius 1 is 1.38 bits per heavy atom. The molecular formula is C11H19N7O2S. The van der Waals surface area contributed by atoms with Gasteiger partial charge in [0.1, 0.15) is 12.2 Å². The average molecular weight is 313 g/mol. The van der Waals surface area contributed by atoms with Crippen LogP contribution in [0.2, 0.25) is 0 Å². The Kier molecular flexibility index (Phi) is 4.70. The van der Waals surface area contributed by atoms with Crippen LogP contribution < -0.4 is 10.0 Å². The third-order valence-electron chi connectivity index (χ3n) is 3.10. The van der Waals surface area contributed by atoms with Crippen molar-refractivity contribution in [2.75, 3.05) is 7.05 Å². The van der Waals surface area contributed by atoms with Crippen LogP contribution in [0.1, 0.15) is 24.0 Å². The summed E-state index contributed by atoms with van der Waals surface area (Å²) >= 11 is 0. The third kappa shape index (κ3) is 3.28. The number of nitrogens with zero attached hydrogens (tertiary/aromatic N) is 4. The first kappa shape index (κ1) is 15.6. The number of hydrogen-bond acceptors (Lipinski definition) is 6. The topological polar surface area (TPSA) is 118 Å². The standard InChI is InChI=1S/C11H19N7O2S/c1-4-18-7-13-16-10(18)6-14-21(19,20)11-9(5-12-3)8(2)15-17-11/h7,12,14H,4-6H2,1-3H3,(H,15,17). The molecular weight excluding hydrogens is 294 g/mol. The zero-order chi connectivity index (χ0) is 15.5. The van der Waals surface area contributed by atoms with E-state index in [0.717, 1.165) is 5.69 Å². The molecule has 0 saturated heterocycles. The minimum Gasteiger partial charge on any atom is -0.317 e. The molecule has 2 aromatic rings. The van der Waals surface area contributed by atoms with E-state index < -0.39 is 10.0 Å². The van der Waals surface area contributed by atoms with Crippen molar-refractivity contribution < 1.29 is 8.42 Å². The van der Waals surface area contributed by atoms with Crippen molar-refractivity contribution in [3.8, 4) is 0 Å². The Morgan fingerprint density at radius 3 is 2.81 bits per heavy atom. The van der Waals surface area contributed by atoms with Gasteiger partial charge in [-0.2, -0.15) is 5.10 Å². The molecule has 0 aliphatic carbocycles. The van der Waals surface area contributed by atoms with Gasteiger partial charge < -0.3 is 9.88 Å². The normalized spacial score (nSPS) is 12.0. The van der Waals surface area contributed by atoms with Crippen molar-refractivity contribution in [3.05, 3.63) is 23.4 Å². The Morgan fingerprint density at radius 2 is 2.14 bits per heavy atom. The molecule has 0 aliphatic rings. The van der Waals surface area contributed by atoms with E-state index in [1.807, 2.05) is 6.92 Å². The SMILES string of the molecule is CCn1cnnc1CNS(=O)(=O)c1n[nH]c(C)c1CNC. The van der Waals surface area contributed by atoms with E-state index in [-0.39, 0.29) is 11.6 Å². The van der Waals surface area contributed by atoms with Gasteiger partial charge in [-0.3, -0.25) is 5.10 Å². The van der Waals surface area contributed by atoms with Gasteiger partial charge >= 0.3 is 0 Å². The summed E-state index contributed by atoms with van der Waals surface area (Å²) in [7, 11) is -1.96. The van der Waals surface area contributed by atoms with Crippen molar-refractivity contribution >= 4 is 10.0 Å². The van der Waals surface area contributed by atoms with Gasteiger partial charge in [-0.15, -0.1) is 10.2 Å². The summed E-state index contributed by atoms with van der Waals surface area (Å²) < 4.78 is 29.0. The molecule has 3 N–H and O–H groups in total. The number of hydrogen-bond donors (Lipinski definition) is 3. The molecule has 0 bridgehead atoms. The van der Waals surface area contributed by atoms with Crippen molar-refractivity contribution in [3.63, 3.8) is 0 Å². The molecule has 116 valence electrons. The van der Waals surface area contributed by atoms with E-state index in [2.05, 4.69) is 30.4 Å². The molecule has 0 amide bonds. The summed E-state index contributed by atoms with van der Waals surface area (Å²) in [5.74, 6) is 0.559. The lowest BCUT2D eigenvalue weighted by atomic mass is 10.3. The minimum atomic E-state index is -3.71. The van der Waals surface area contributed by atoms with E-state index in [1.54, 1.807) is 24.9 Å². The van der Waals surface area contributed by atoms with Crippen molar-refractivity contribution in [2.45, 2.75) is 38.5 Å². The maximum Gasteiger partial charge on any atom is 0.260 e. The summed E-state index contributed by atoms with van der Waals surface area (Å²) in [4.78, 5) is 0. The van der Waals surface area contributed by atoms with Crippen LogP contribution >= 0.6 is 0 Å². The van der Waals surface area contributed by atoms with Gasteiger partial charge in [0.2, 0.25) is 0 Å². The second kappa shape index (κ2) is 6.33. The van der Waals surface area contributed by atoms with Crippen LogP contribution in [-0.4, -0.2) is 40.4 Å². The van der Waals surface area contributed by atoms with Gasteiger partial charge in [-0.1, -0.05) is 0 Å². The van der Waals surface area contributed by atoms with Crippen LogP contribution in [0, 0.1) is 6.92 Å². The minimum absolute atomic E-state index is 0.0110. The predicted molar refractivity (Wildman–Crippen MR) is 75.8 cm³/mol. The number of aromatic amines is 1. The fourth-order valence-electron chi connectivity index (χ4n) is 1.95. The molecule has 0 aromatic carbocycles. The molecule has 0 saturated carbocycles. The summed E-state index contributed by atoms with van der Waals surface area (Å²) in [6.45, 7) is 4.89. The molecule has 2 rings (SSSR count). The van der Waals surface area contributed by atoms with Crippen LogP contribution in [-0.2, 0) is 29.7 Å². The van der Waals surface area contributed by atoms with E-state index >= 15 is 0 Å². The molecule has 9 nitrogen and oxygen atoms in total. The Bertz CT molecular complexity index is 704. The second-order valence-electron chi connectivity index (χ2n) is 4.52. The summed E-state index contributed by atoms with van der Waals surface area (Å²) in [5.41, 5.74) is 1.35. The monoisotopic (exact) mass is 313 g/mol. The lowest BCUT2D eigenvalue weighted by Crippen LogP contribution is -2.26. The Labute approximate surface area is 123 Å². The lowest BCUT2D eigenvalue weighted by Gasteiger charge is -2.07. The van der Waals surface area contributed by atoms with E-state index in [4.69, 9.17) is 0 Å². The van der Waals surface area contributed by atoms with Gasteiger partial charge in [0.05, 0.1) is 6.54 Å². The van der Waals surface area contributed by atoms with Crippen molar-refractivity contribution in [1.82, 2.24) is 35.0 Å². The molecule has 21 heavy (non-hydrogen) atoms.